The van der Waals surface area contributed by atoms with Crippen molar-refractivity contribution in [1.29, 1.82) is 0 Å². The normalized spacial score (nSPS) is 11.0. The van der Waals surface area contributed by atoms with Gasteiger partial charge in [-0.05, 0) is 65.5 Å². The van der Waals surface area contributed by atoms with Crippen LogP contribution in [0.5, 0.6) is 0 Å². The summed E-state index contributed by atoms with van der Waals surface area (Å²) in [5.74, 6) is 0. The highest BCUT2D eigenvalue weighted by molar-refractivity contribution is 7.27. The van der Waals surface area contributed by atoms with Crippen LogP contribution in [0.1, 0.15) is 0 Å². The van der Waals surface area contributed by atoms with Crippen molar-refractivity contribution >= 4 is 34.0 Å². The Kier molecular flexibility index (Phi) is 4.41. The third-order valence-corrected chi connectivity index (χ3v) is 7.67. The summed E-state index contributed by atoms with van der Waals surface area (Å²) < 4.78 is 0. The molecule has 5 aromatic heterocycles. The van der Waals surface area contributed by atoms with E-state index in [4.69, 9.17) is 0 Å². The van der Waals surface area contributed by atoms with Crippen LogP contribution in [0.3, 0.4) is 0 Å². The minimum absolute atomic E-state index is 0.898. The molecule has 0 aliphatic heterocycles. The molecule has 0 radical (unpaired) electrons. The van der Waals surface area contributed by atoms with Crippen LogP contribution in [-0.4, -0.2) is 9.97 Å². The van der Waals surface area contributed by atoms with Crippen LogP contribution in [0.25, 0.3) is 41.3 Å². The SMILES string of the molecule is c1ccc(-c2cc(-c3ccc(-c4ccc(-c5cccs5)s4)s3)ccn2)nc1. The summed E-state index contributed by atoms with van der Waals surface area (Å²) in [6.45, 7) is 0. The minimum atomic E-state index is 0.898. The molecule has 0 atom stereocenters. The molecule has 5 rings (SSSR count). The van der Waals surface area contributed by atoms with Crippen molar-refractivity contribution < 1.29 is 0 Å². The molecule has 5 heteroatoms. The monoisotopic (exact) mass is 402 g/mol. The first-order valence-electron chi connectivity index (χ1n) is 8.48. The van der Waals surface area contributed by atoms with E-state index in [2.05, 4.69) is 63.9 Å². The van der Waals surface area contributed by atoms with Crippen LogP contribution in [0, 0.1) is 0 Å². The van der Waals surface area contributed by atoms with E-state index in [1.54, 1.807) is 17.5 Å². The molecule has 0 aliphatic rings. The Morgan fingerprint density at radius 2 is 1.30 bits per heavy atom. The van der Waals surface area contributed by atoms with Crippen LogP contribution >= 0.6 is 34.0 Å². The molecule has 0 saturated heterocycles. The zero-order chi connectivity index (χ0) is 18.1. The predicted octanol–water partition coefficient (Wildman–Crippen LogP) is 7.33. The maximum absolute atomic E-state index is 4.48. The number of rotatable bonds is 4. The molecule has 0 bridgehead atoms. The van der Waals surface area contributed by atoms with E-state index < -0.39 is 0 Å². The smallest absolute Gasteiger partial charge is 0.0892 e. The Hall–Kier alpha value is -2.60. The fourth-order valence-corrected chi connectivity index (χ4v) is 5.82. The fourth-order valence-electron chi connectivity index (χ4n) is 2.89. The second-order valence-corrected chi connectivity index (χ2v) is 9.07. The lowest BCUT2D eigenvalue weighted by Gasteiger charge is -2.02. The average Bonchev–Trinajstić information content (AvgIpc) is 3.49. The molecule has 0 unspecified atom stereocenters. The van der Waals surface area contributed by atoms with E-state index in [1.807, 2.05) is 47.1 Å². The summed E-state index contributed by atoms with van der Waals surface area (Å²) in [5, 5.41) is 2.13. The van der Waals surface area contributed by atoms with E-state index in [9.17, 15) is 0 Å². The molecule has 5 aromatic rings. The molecule has 0 saturated carbocycles. The minimum Gasteiger partial charge on any atom is -0.255 e. The third-order valence-electron chi connectivity index (χ3n) is 4.19. The molecule has 0 aliphatic carbocycles. The summed E-state index contributed by atoms with van der Waals surface area (Å²) in [6.07, 6.45) is 3.66. The molecular weight excluding hydrogens is 388 g/mol. The van der Waals surface area contributed by atoms with E-state index in [-0.39, 0.29) is 0 Å². The second kappa shape index (κ2) is 7.19. The zero-order valence-corrected chi connectivity index (χ0v) is 16.7. The van der Waals surface area contributed by atoms with Crippen LogP contribution in [0.2, 0.25) is 0 Å². The van der Waals surface area contributed by atoms with Crippen molar-refractivity contribution in [2.24, 2.45) is 0 Å². The Bertz CT molecular complexity index is 1170. The standard InChI is InChI=1S/C22H14N2S3/c1-2-11-23-16(4-1)17-14-15(10-12-24-17)18-6-7-21(26-18)22-9-8-20(27-22)19-5-3-13-25-19/h1-14H. The first-order chi connectivity index (χ1) is 13.4. The van der Waals surface area contributed by atoms with E-state index >= 15 is 0 Å². The van der Waals surface area contributed by atoms with Gasteiger partial charge in [-0.15, -0.1) is 34.0 Å². The van der Waals surface area contributed by atoms with Gasteiger partial charge in [0.15, 0.2) is 0 Å². The molecule has 2 nitrogen and oxygen atoms in total. The molecule has 0 amide bonds. The number of hydrogen-bond acceptors (Lipinski definition) is 5. The summed E-state index contributed by atoms with van der Waals surface area (Å²) in [5.41, 5.74) is 2.98. The lowest BCUT2D eigenvalue weighted by molar-refractivity contribution is 1.25. The van der Waals surface area contributed by atoms with Crippen molar-refractivity contribution in [3.63, 3.8) is 0 Å². The van der Waals surface area contributed by atoms with Gasteiger partial charge in [0.1, 0.15) is 0 Å². The van der Waals surface area contributed by atoms with Crippen LogP contribution in [0.15, 0.2) is 84.5 Å². The number of thiophene rings is 3. The highest BCUT2D eigenvalue weighted by Crippen LogP contribution is 2.41. The van der Waals surface area contributed by atoms with E-state index in [0.717, 1.165) is 11.4 Å². The molecule has 0 fully saturated rings. The Morgan fingerprint density at radius 1 is 0.556 bits per heavy atom. The zero-order valence-electron chi connectivity index (χ0n) is 14.2. The van der Waals surface area contributed by atoms with Crippen molar-refractivity contribution in [2.75, 3.05) is 0 Å². The Labute approximate surface area is 169 Å². The number of hydrogen-bond donors (Lipinski definition) is 0. The van der Waals surface area contributed by atoms with Crippen molar-refractivity contribution in [3.05, 3.63) is 84.5 Å². The van der Waals surface area contributed by atoms with Gasteiger partial charge in [0.25, 0.3) is 0 Å². The van der Waals surface area contributed by atoms with Gasteiger partial charge >= 0.3 is 0 Å². The molecule has 0 N–H and O–H groups in total. The summed E-state index contributed by atoms with van der Waals surface area (Å²) in [7, 11) is 0. The summed E-state index contributed by atoms with van der Waals surface area (Å²) in [6, 6.07) is 23.2. The highest BCUT2D eigenvalue weighted by Gasteiger charge is 2.10. The highest BCUT2D eigenvalue weighted by atomic mass is 32.1. The van der Waals surface area contributed by atoms with Gasteiger partial charge in [-0.3, -0.25) is 9.97 Å². The van der Waals surface area contributed by atoms with E-state index in [1.165, 1.54) is 29.9 Å². The summed E-state index contributed by atoms with van der Waals surface area (Å²) in [4.78, 5) is 15.4. The first kappa shape index (κ1) is 16.6. The molecule has 0 aromatic carbocycles. The summed E-state index contributed by atoms with van der Waals surface area (Å²) >= 11 is 5.46. The van der Waals surface area contributed by atoms with Crippen molar-refractivity contribution in [2.45, 2.75) is 0 Å². The number of nitrogens with zero attached hydrogens (tertiary/aromatic N) is 2. The molecule has 0 spiro atoms. The second-order valence-electron chi connectivity index (χ2n) is 5.95. The number of pyridine rings is 2. The van der Waals surface area contributed by atoms with Gasteiger partial charge in [-0.2, -0.15) is 0 Å². The topological polar surface area (TPSA) is 25.8 Å². The van der Waals surface area contributed by atoms with Crippen LogP contribution in [0.4, 0.5) is 0 Å². The van der Waals surface area contributed by atoms with Gasteiger partial charge in [-0.1, -0.05) is 12.1 Å². The lowest BCUT2D eigenvalue weighted by Crippen LogP contribution is -1.86. The van der Waals surface area contributed by atoms with Gasteiger partial charge < -0.3 is 0 Å². The van der Waals surface area contributed by atoms with Crippen molar-refractivity contribution in [3.8, 4) is 41.3 Å². The lowest BCUT2D eigenvalue weighted by atomic mass is 10.1. The number of aromatic nitrogens is 2. The maximum atomic E-state index is 4.48. The molecule has 27 heavy (non-hydrogen) atoms. The van der Waals surface area contributed by atoms with Gasteiger partial charge in [0, 0.05) is 36.8 Å². The fraction of sp³-hybridized carbons (Fsp3) is 0. The molecule has 130 valence electrons. The van der Waals surface area contributed by atoms with Crippen molar-refractivity contribution in [1.82, 2.24) is 9.97 Å². The van der Waals surface area contributed by atoms with Crippen LogP contribution in [-0.2, 0) is 0 Å². The average molecular weight is 403 g/mol. The van der Waals surface area contributed by atoms with E-state index in [0.29, 0.717) is 0 Å². The maximum Gasteiger partial charge on any atom is 0.0892 e. The first-order valence-corrected chi connectivity index (χ1v) is 11.0. The molecular formula is C22H14N2S3. The van der Waals surface area contributed by atoms with Gasteiger partial charge in [0.2, 0.25) is 0 Å². The van der Waals surface area contributed by atoms with Gasteiger partial charge in [-0.25, -0.2) is 0 Å². The largest absolute Gasteiger partial charge is 0.255 e. The Morgan fingerprint density at radius 3 is 2.04 bits per heavy atom. The van der Waals surface area contributed by atoms with Gasteiger partial charge in [0.05, 0.1) is 11.4 Å². The quantitative estimate of drug-likeness (QED) is 0.314. The predicted molar refractivity (Wildman–Crippen MR) is 117 cm³/mol. The molecule has 5 heterocycles. The van der Waals surface area contributed by atoms with Crippen LogP contribution < -0.4 is 0 Å². The Balaban J connectivity index is 1.46. The third kappa shape index (κ3) is 3.37.